The van der Waals surface area contributed by atoms with Gasteiger partial charge in [-0.3, -0.25) is 0 Å². The number of hydrogen-bond acceptors (Lipinski definition) is 2. The average Bonchev–Trinajstić information content (AvgIpc) is 2.30. The third-order valence-corrected chi connectivity index (χ3v) is 2.91. The highest BCUT2D eigenvalue weighted by atomic mass is 79.9. The van der Waals surface area contributed by atoms with Crippen LogP contribution < -0.4 is 4.73 Å². The molecule has 1 aromatic carbocycles. The van der Waals surface area contributed by atoms with Gasteiger partial charge >= 0.3 is 5.82 Å². The summed E-state index contributed by atoms with van der Waals surface area (Å²) >= 11 is 6.55. The van der Waals surface area contributed by atoms with Crippen molar-refractivity contribution in [1.29, 1.82) is 0 Å². The van der Waals surface area contributed by atoms with Crippen LogP contribution in [-0.2, 0) is 0 Å². The van der Waals surface area contributed by atoms with Gasteiger partial charge in [-0.1, -0.05) is 62.2 Å². The number of alkyl halides is 2. The molecule has 0 bridgehead atoms. The predicted molar refractivity (Wildman–Crippen MR) is 69.2 cm³/mol. The van der Waals surface area contributed by atoms with Gasteiger partial charge in [0.05, 0.1) is 6.20 Å². The SMILES string of the molecule is [O-][n+]1ccc(-c2ccccc2)nc1C(Br)Br. The zero-order chi connectivity index (χ0) is 11.5. The van der Waals surface area contributed by atoms with Gasteiger partial charge in [0, 0.05) is 11.6 Å². The van der Waals surface area contributed by atoms with Gasteiger partial charge in [0.15, 0.2) is 9.43 Å². The third kappa shape index (κ3) is 2.41. The standard InChI is InChI=1S/C11H8Br2N2O/c12-10(13)11-14-9(6-7-15(11)16)8-4-2-1-3-5-8/h1-7,10H. The average molecular weight is 344 g/mol. The summed E-state index contributed by atoms with van der Waals surface area (Å²) in [5.41, 5.74) is 1.77. The second-order valence-electron chi connectivity index (χ2n) is 3.16. The molecule has 16 heavy (non-hydrogen) atoms. The fourth-order valence-corrected chi connectivity index (χ4v) is 1.95. The number of halogens is 2. The molecular weight excluding hydrogens is 336 g/mol. The number of hydrogen-bond donors (Lipinski definition) is 0. The molecule has 0 aliphatic rings. The Kier molecular flexibility index (Phi) is 3.56. The number of benzene rings is 1. The lowest BCUT2D eigenvalue weighted by atomic mass is 10.1. The lowest BCUT2D eigenvalue weighted by Crippen LogP contribution is -2.32. The van der Waals surface area contributed by atoms with Crippen molar-refractivity contribution >= 4 is 31.9 Å². The predicted octanol–water partition coefficient (Wildman–Crippen LogP) is 3.17. The molecule has 0 amide bonds. The molecule has 1 heterocycles. The highest BCUT2D eigenvalue weighted by Gasteiger charge is 2.18. The summed E-state index contributed by atoms with van der Waals surface area (Å²) in [5.74, 6) is 0.390. The van der Waals surface area contributed by atoms with Crippen molar-refractivity contribution in [2.24, 2.45) is 0 Å². The van der Waals surface area contributed by atoms with Gasteiger partial charge in [0.2, 0.25) is 0 Å². The van der Waals surface area contributed by atoms with Crippen LogP contribution in [0.5, 0.6) is 0 Å². The maximum Gasteiger partial charge on any atom is 0.326 e. The normalized spacial score (nSPS) is 10.7. The van der Waals surface area contributed by atoms with Gasteiger partial charge in [-0.15, -0.1) is 0 Å². The van der Waals surface area contributed by atoms with Gasteiger partial charge in [0.1, 0.15) is 0 Å². The van der Waals surface area contributed by atoms with Crippen LogP contribution in [0.3, 0.4) is 0 Å². The van der Waals surface area contributed by atoms with E-state index in [0.29, 0.717) is 5.82 Å². The van der Waals surface area contributed by atoms with Crippen molar-refractivity contribution in [2.75, 3.05) is 0 Å². The Morgan fingerprint density at radius 3 is 2.44 bits per heavy atom. The Morgan fingerprint density at radius 2 is 1.81 bits per heavy atom. The maximum absolute atomic E-state index is 11.4. The van der Waals surface area contributed by atoms with Crippen molar-refractivity contribution in [3.8, 4) is 11.3 Å². The maximum atomic E-state index is 11.4. The first-order valence-corrected chi connectivity index (χ1v) is 6.45. The summed E-state index contributed by atoms with van der Waals surface area (Å²) < 4.78 is 0.488. The van der Waals surface area contributed by atoms with Gasteiger partial charge in [-0.2, -0.15) is 0 Å². The Bertz CT molecular complexity index is 489. The van der Waals surface area contributed by atoms with E-state index in [-0.39, 0.29) is 3.74 Å². The van der Waals surface area contributed by atoms with Crippen molar-refractivity contribution < 1.29 is 4.73 Å². The second-order valence-corrected chi connectivity index (χ2v) is 6.22. The van der Waals surface area contributed by atoms with Gasteiger partial charge in [-0.05, 0) is 4.98 Å². The highest BCUT2D eigenvalue weighted by molar-refractivity contribution is 9.24. The monoisotopic (exact) mass is 342 g/mol. The van der Waals surface area contributed by atoms with E-state index in [1.807, 2.05) is 30.3 Å². The number of aromatic nitrogens is 2. The van der Waals surface area contributed by atoms with Gasteiger partial charge < -0.3 is 5.21 Å². The van der Waals surface area contributed by atoms with Crippen molar-refractivity contribution in [3.63, 3.8) is 0 Å². The van der Waals surface area contributed by atoms with Crippen molar-refractivity contribution in [2.45, 2.75) is 3.74 Å². The molecule has 0 saturated heterocycles. The molecule has 0 fully saturated rings. The van der Waals surface area contributed by atoms with Crippen LogP contribution in [0.15, 0.2) is 42.6 Å². The minimum absolute atomic E-state index is 0.249. The zero-order valence-corrected chi connectivity index (χ0v) is 11.3. The summed E-state index contributed by atoms with van der Waals surface area (Å²) in [7, 11) is 0. The van der Waals surface area contributed by atoms with Crippen LogP contribution in [0.4, 0.5) is 0 Å². The minimum atomic E-state index is -0.249. The van der Waals surface area contributed by atoms with E-state index in [1.54, 1.807) is 6.07 Å². The number of rotatable bonds is 2. The Hall–Kier alpha value is -0.940. The molecule has 1 aromatic heterocycles. The van der Waals surface area contributed by atoms with E-state index in [1.165, 1.54) is 6.20 Å². The van der Waals surface area contributed by atoms with E-state index in [4.69, 9.17) is 0 Å². The molecule has 0 N–H and O–H groups in total. The molecule has 0 saturated carbocycles. The molecule has 0 radical (unpaired) electrons. The summed E-state index contributed by atoms with van der Waals surface area (Å²) in [6, 6.07) is 11.4. The van der Waals surface area contributed by atoms with E-state index in [2.05, 4.69) is 36.8 Å². The molecule has 5 heteroatoms. The first kappa shape index (κ1) is 11.5. The highest BCUT2D eigenvalue weighted by Crippen LogP contribution is 2.26. The fourth-order valence-electron chi connectivity index (χ4n) is 1.34. The van der Waals surface area contributed by atoms with Crippen LogP contribution in [0.1, 0.15) is 9.56 Å². The van der Waals surface area contributed by atoms with Crippen LogP contribution in [0, 0.1) is 5.21 Å². The summed E-state index contributed by atoms with van der Waals surface area (Å²) in [6.07, 6.45) is 1.46. The van der Waals surface area contributed by atoms with E-state index in [9.17, 15) is 5.21 Å². The van der Waals surface area contributed by atoms with Gasteiger partial charge in [-0.25, -0.2) is 4.73 Å². The Labute approximate surface area is 110 Å². The molecule has 3 nitrogen and oxygen atoms in total. The molecular formula is C11H8Br2N2O. The van der Waals surface area contributed by atoms with E-state index < -0.39 is 0 Å². The molecule has 0 spiro atoms. The second kappa shape index (κ2) is 4.93. The molecule has 0 aliphatic carbocycles. The quantitative estimate of drug-likeness (QED) is 0.477. The van der Waals surface area contributed by atoms with Gasteiger partial charge in [0.25, 0.3) is 0 Å². The van der Waals surface area contributed by atoms with Crippen molar-refractivity contribution in [1.82, 2.24) is 4.98 Å². The summed E-state index contributed by atoms with van der Waals surface area (Å²) in [4.78, 5) is 4.30. The van der Waals surface area contributed by atoms with Crippen LogP contribution in [0.2, 0.25) is 0 Å². The molecule has 0 unspecified atom stereocenters. The number of nitrogens with zero attached hydrogens (tertiary/aromatic N) is 2. The van der Waals surface area contributed by atoms with Crippen molar-refractivity contribution in [3.05, 3.63) is 53.6 Å². The van der Waals surface area contributed by atoms with Crippen LogP contribution in [0.25, 0.3) is 11.3 Å². The summed E-state index contributed by atoms with van der Waals surface area (Å²) in [6.45, 7) is 0. The molecule has 0 aliphatic heterocycles. The van der Waals surface area contributed by atoms with Crippen LogP contribution >= 0.6 is 31.9 Å². The molecule has 0 atom stereocenters. The topological polar surface area (TPSA) is 39.8 Å². The van der Waals surface area contributed by atoms with Crippen LogP contribution in [-0.4, -0.2) is 4.98 Å². The lowest BCUT2D eigenvalue weighted by molar-refractivity contribution is -0.616. The Morgan fingerprint density at radius 1 is 1.12 bits per heavy atom. The molecule has 82 valence electrons. The first-order chi connectivity index (χ1) is 7.68. The summed E-state index contributed by atoms with van der Waals surface area (Å²) in [5, 5.41) is 11.4. The molecule has 2 rings (SSSR count). The third-order valence-electron chi connectivity index (χ3n) is 2.09. The largest absolute Gasteiger partial charge is 0.711 e. The smallest absolute Gasteiger partial charge is 0.326 e. The first-order valence-electron chi connectivity index (χ1n) is 4.62. The van der Waals surface area contributed by atoms with E-state index >= 15 is 0 Å². The molecule has 2 aromatic rings. The lowest BCUT2D eigenvalue weighted by Gasteiger charge is -2.06. The fraction of sp³-hybridized carbons (Fsp3) is 0.0909. The minimum Gasteiger partial charge on any atom is -0.711 e. The zero-order valence-electron chi connectivity index (χ0n) is 8.18. The van der Waals surface area contributed by atoms with E-state index in [0.717, 1.165) is 16.0 Å². The Balaban J connectivity index is 2.48.